The van der Waals surface area contributed by atoms with Crippen LogP contribution in [0.4, 0.5) is 0 Å². The van der Waals surface area contributed by atoms with Crippen LogP contribution in [0.2, 0.25) is 0 Å². The lowest BCUT2D eigenvalue weighted by molar-refractivity contribution is 0.174. The number of hydrogen-bond acceptors (Lipinski definition) is 3. The summed E-state index contributed by atoms with van der Waals surface area (Å²) >= 11 is 0. The van der Waals surface area contributed by atoms with E-state index in [0.717, 1.165) is 16.7 Å². The molecule has 0 bridgehead atoms. The smallest absolute Gasteiger partial charge is 0.105 e. The molecule has 0 aliphatic carbocycles. The number of aliphatic hydroxyl groups excluding tert-OH is 1. The zero-order valence-electron chi connectivity index (χ0n) is 15.6. The van der Waals surface area contributed by atoms with Crippen molar-refractivity contribution in [1.82, 2.24) is 4.90 Å². The van der Waals surface area contributed by atoms with Crippen molar-refractivity contribution in [2.45, 2.75) is 17.7 Å². The van der Waals surface area contributed by atoms with Crippen molar-refractivity contribution in [3.05, 3.63) is 120 Å². The fraction of sp³-hybridized carbons (Fsp3) is 0.160. The molecule has 1 saturated heterocycles. The third-order valence-electron chi connectivity index (χ3n) is 5.52. The van der Waals surface area contributed by atoms with Gasteiger partial charge in [0.15, 0.2) is 0 Å². The highest BCUT2D eigenvalue weighted by Crippen LogP contribution is 2.49. The first kappa shape index (κ1) is 18.2. The Hall–Kier alpha value is -3.19. The zero-order valence-corrected chi connectivity index (χ0v) is 15.6. The summed E-state index contributed by atoms with van der Waals surface area (Å²) in [6.07, 6.45) is -0.875. The van der Waals surface area contributed by atoms with E-state index in [4.69, 9.17) is 0 Å². The second kappa shape index (κ2) is 7.44. The number of benzene rings is 3. The third kappa shape index (κ3) is 2.93. The number of hydrogen-bond donors (Lipinski definition) is 1. The Morgan fingerprint density at radius 3 is 1.64 bits per heavy atom. The van der Waals surface area contributed by atoms with Crippen LogP contribution in [-0.4, -0.2) is 28.7 Å². The van der Waals surface area contributed by atoms with E-state index in [9.17, 15) is 10.4 Å². The first-order valence-electron chi connectivity index (χ1n) is 9.40. The molecule has 0 amide bonds. The summed E-state index contributed by atoms with van der Waals surface area (Å²) in [5, 5.41) is 19.9. The number of nitriles is 1. The third-order valence-corrected chi connectivity index (χ3v) is 5.52. The topological polar surface area (TPSA) is 47.0 Å². The molecule has 3 heteroatoms. The summed E-state index contributed by atoms with van der Waals surface area (Å²) < 4.78 is 0. The molecule has 1 heterocycles. The summed E-state index contributed by atoms with van der Waals surface area (Å²) in [4.78, 5) is 2.26. The minimum absolute atomic E-state index is 0.159. The van der Waals surface area contributed by atoms with Gasteiger partial charge in [-0.05, 0) is 16.7 Å². The van der Waals surface area contributed by atoms with Gasteiger partial charge < -0.3 is 5.11 Å². The van der Waals surface area contributed by atoms with Crippen molar-refractivity contribution in [3.63, 3.8) is 0 Å². The van der Waals surface area contributed by atoms with Gasteiger partial charge in [-0.25, -0.2) is 0 Å². The number of aliphatic hydroxyl groups is 1. The second-order valence-electron chi connectivity index (χ2n) is 7.11. The van der Waals surface area contributed by atoms with Crippen molar-refractivity contribution < 1.29 is 5.11 Å². The Balaban J connectivity index is 1.93. The Bertz CT molecular complexity index is 896. The average Bonchev–Trinajstić information content (AvgIpc) is 3.56. The van der Waals surface area contributed by atoms with E-state index in [1.54, 1.807) is 0 Å². The highest BCUT2D eigenvalue weighted by molar-refractivity contribution is 5.51. The molecule has 1 aliphatic heterocycles. The zero-order chi connectivity index (χ0) is 19.6. The predicted octanol–water partition coefficient (Wildman–Crippen LogP) is 4.10. The van der Waals surface area contributed by atoms with Crippen LogP contribution in [0.3, 0.4) is 0 Å². The summed E-state index contributed by atoms with van der Waals surface area (Å²) in [5.74, 6) is 0. The minimum Gasteiger partial charge on any atom is -0.386 e. The lowest BCUT2D eigenvalue weighted by Gasteiger charge is -2.38. The van der Waals surface area contributed by atoms with E-state index in [1.807, 2.05) is 60.7 Å². The fourth-order valence-electron chi connectivity index (χ4n) is 4.14. The molecule has 28 heavy (non-hydrogen) atoms. The van der Waals surface area contributed by atoms with Crippen LogP contribution in [0, 0.1) is 11.3 Å². The van der Waals surface area contributed by atoms with Crippen molar-refractivity contribution in [1.29, 1.82) is 5.26 Å². The van der Waals surface area contributed by atoms with Crippen molar-refractivity contribution in [3.8, 4) is 6.07 Å². The Labute approximate surface area is 165 Å². The van der Waals surface area contributed by atoms with Crippen LogP contribution in [0.1, 0.15) is 16.7 Å². The molecule has 1 N–H and O–H groups in total. The van der Waals surface area contributed by atoms with E-state index in [2.05, 4.69) is 47.9 Å². The highest BCUT2D eigenvalue weighted by atomic mass is 16.3. The molecular weight excluding hydrogens is 344 g/mol. The van der Waals surface area contributed by atoms with Gasteiger partial charge >= 0.3 is 0 Å². The quantitative estimate of drug-likeness (QED) is 0.406. The monoisotopic (exact) mass is 366 g/mol. The van der Waals surface area contributed by atoms with Gasteiger partial charge in [0.25, 0.3) is 0 Å². The van der Waals surface area contributed by atoms with Gasteiger partial charge in [-0.1, -0.05) is 97.6 Å². The van der Waals surface area contributed by atoms with Gasteiger partial charge in [-0.3, -0.25) is 4.90 Å². The second-order valence-corrected chi connectivity index (χ2v) is 7.11. The molecule has 0 spiro atoms. The lowest BCUT2D eigenvalue weighted by atomic mass is 9.76. The van der Waals surface area contributed by atoms with Crippen molar-refractivity contribution in [2.75, 3.05) is 6.54 Å². The molecule has 1 unspecified atom stereocenters. The van der Waals surface area contributed by atoms with Gasteiger partial charge in [-0.2, -0.15) is 5.26 Å². The first-order chi connectivity index (χ1) is 13.7. The molecule has 3 nitrogen and oxygen atoms in total. The van der Waals surface area contributed by atoms with E-state index in [0.29, 0.717) is 6.54 Å². The van der Waals surface area contributed by atoms with E-state index in [-0.39, 0.29) is 11.6 Å². The Kier molecular flexibility index (Phi) is 4.83. The molecule has 0 saturated carbocycles. The average molecular weight is 366 g/mol. The van der Waals surface area contributed by atoms with Crippen LogP contribution in [0.5, 0.6) is 0 Å². The molecule has 3 aromatic carbocycles. The number of rotatable bonds is 6. The van der Waals surface area contributed by atoms with Crippen LogP contribution in [-0.2, 0) is 5.54 Å². The summed E-state index contributed by atoms with van der Waals surface area (Å²) in [6.45, 7) is 4.41. The normalized spacial score (nSPS) is 19.4. The maximum absolute atomic E-state index is 10.7. The van der Waals surface area contributed by atoms with E-state index >= 15 is 0 Å². The van der Waals surface area contributed by atoms with Gasteiger partial charge in [0, 0.05) is 6.54 Å². The van der Waals surface area contributed by atoms with E-state index < -0.39 is 11.6 Å². The van der Waals surface area contributed by atoms with Crippen LogP contribution in [0.25, 0.3) is 0 Å². The van der Waals surface area contributed by atoms with E-state index in [1.165, 1.54) is 0 Å². The molecule has 0 radical (unpaired) electrons. The SMILES string of the molecule is C=C(C#N)[C@@H](O)[C@@H]1CN1C(c1ccccc1)(c1ccccc1)c1ccccc1. The molecule has 1 aliphatic rings. The van der Waals surface area contributed by atoms with Crippen LogP contribution < -0.4 is 0 Å². The number of nitrogens with zero attached hydrogens (tertiary/aromatic N) is 2. The molecular formula is C25H22N2O. The largest absolute Gasteiger partial charge is 0.386 e. The van der Waals surface area contributed by atoms with Crippen molar-refractivity contribution in [2.24, 2.45) is 0 Å². The summed E-state index contributed by atoms with van der Waals surface area (Å²) in [6, 6.07) is 32.9. The molecule has 4 rings (SSSR count). The van der Waals surface area contributed by atoms with Gasteiger partial charge in [0.05, 0.1) is 23.2 Å². The molecule has 3 aromatic rings. The summed E-state index contributed by atoms with van der Waals surface area (Å²) in [7, 11) is 0. The Morgan fingerprint density at radius 2 is 1.29 bits per heavy atom. The van der Waals surface area contributed by atoms with Gasteiger partial charge in [-0.15, -0.1) is 0 Å². The fourth-order valence-corrected chi connectivity index (χ4v) is 4.14. The molecule has 3 atom stereocenters. The molecule has 0 aromatic heterocycles. The maximum atomic E-state index is 10.7. The molecule has 1 fully saturated rings. The standard InChI is InChI=1S/C25H22N2O/c1-19(17-26)24(28)23-18-27(23)25(20-11-5-2-6-12-20,21-13-7-3-8-14-21)22-15-9-4-10-16-22/h2-16,23-24,28H,1,18H2/t23-,24+,27?/m0/s1. The maximum Gasteiger partial charge on any atom is 0.105 e. The minimum atomic E-state index is -0.875. The van der Waals surface area contributed by atoms with Crippen LogP contribution in [0.15, 0.2) is 103 Å². The predicted molar refractivity (Wildman–Crippen MR) is 110 cm³/mol. The van der Waals surface area contributed by atoms with Crippen molar-refractivity contribution >= 4 is 0 Å². The highest BCUT2D eigenvalue weighted by Gasteiger charge is 2.55. The molecule has 138 valence electrons. The van der Waals surface area contributed by atoms with Gasteiger partial charge in [0.1, 0.15) is 6.10 Å². The Morgan fingerprint density at radius 1 is 0.893 bits per heavy atom. The van der Waals surface area contributed by atoms with Gasteiger partial charge in [0.2, 0.25) is 0 Å². The lowest BCUT2D eigenvalue weighted by Crippen LogP contribution is -2.40. The summed E-state index contributed by atoms with van der Waals surface area (Å²) in [5.41, 5.74) is 3.04. The van der Waals surface area contributed by atoms with Crippen LogP contribution >= 0.6 is 0 Å². The first-order valence-corrected chi connectivity index (χ1v) is 9.40.